The predicted octanol–water partition coefficient (Wildman–Crippen LogP) is 0.489. The molecule has 5 nitrogen and oxygen atoms in total. The van der Waals surface area contributed by atoms with Crippen LogP contribution in [0, 0.1) is 11.8 Å². The third-order valence-electron chi connectivity index (χ3n) is 4.45. The van der Waals surface area contributed by atoms with Crippen LogP contribution in [0.2, 0.25) is 0 Å². The number of hydrogen-bond acceptors (Lipinski definition) is 3. The third-order valence-corrected chi connectivity index (χ3v) is 4.45. The lowest BCUT2D eigenvalue weighted by molar-refractivity contribution is -0.137. The number of nitrogens with one attached hydrogen (secondary N) is 1. The highest BCUT2D eigenvalue weighted by Crippen LogP contribution is 2.27. The summed E-state index contributed by atoms with van der Waals surface area (Å²) in [6, 6.07) is 0.0598. The first kappa shape index (κ1) is 14.3. The van der Waals surface area contributed by atoms with E-state index in [1.165, 1.54) is 0 Å². The lowest BCUT2D eigenvalue weighted by Crippen LogP contribution is -2.46. The van der Waals surface area contributed by atoms with E-state index in [-0.39, 0.29) is 23.8 Å². The summed E-state index contributed by atoms with van der Waals surface area (Å²) in [5.74, 6) is 0.829. The Morgan fingerprint density at radius 2 is 1.89 bits per heavy atom. The second-order valence-corrected chi connectivity index (χ2v) is 5.91. The maximum absolute atomic E-state index is 12.4. The number of rotatable bonds is 3. The third kappa shape index (κ3) is 3.69. The molecule has 19 heavy (non-hydrogen) atoms. The van der Waals surface area contributed by atoms with Crippen LogP contribution in [-0.2, 0) is 9.59 Å². The van der Waals surface area contributed by atoms with E-state index < -0.39 is 0 Å². The molecule has 2 aliphatic rings. The van der Waals surface area contributed by atoms with Gasteiger partial charge in [0.15, 0.2) is 0 Å². The molecule has 2 amide bonds. The van der Waals surface area contributed by atoms with E-state index in [2.05, 4.69) is 5.32 Å². The lowest BCUT2D eigenvalue weighted by Gasteiger charge is -2.34. The zero-order valence-corrected chi connectivity index (χ0v) is 11.7. The van der Waals surface area contributed by atoms with Crippen molar-refractivity contribution in [1.29, 1.82) is 0 Å². The maximum atomic E-state index is 12.4. The Hall–Kier alpha value is -1.10. The monoisotopic (exact) mass is 267 g/mol. The van der Waals surface area contributed by atoms with Crippen molar-refractivity contribution in [3.8, 4) is 0 Å². The minimum atomic E-state index is 0.0236. The molecule has 1 saturated heterocycles. The average Bonchev–Trinajstić information content (AvgIpc) is 2.82. The SMILES string of the molecule is CC(=O)NCC1CCN(C(=O)C2CCCC2N)CC1. The zero-order valence-electron chi connectivity index (χ0n) is 11.7. The molecule has 5 heteroatoms. The number of carbonyl (C=O) groups excluding carboxylic acids is 2. The number of carbonyl (C=O) groups is 2. The highest BCUT2D eigenvalue weighted by molar-refractivity contribution is 5.80. The van der Waals surface area contributed by atoms with Crippen LogP contribution in [0.1, 0.15) is 39.0 Å². The molecule has 0 spiro atoms. The molecular formula is C14H25N3O2. The van der Waals surface area contributed by atoms with E-state index in [1.54, 1.807) is 6.92 Å². The average molecular weight is 267 g/mol. The molecule has 2 fully saturated rings. The van der Waals surface area contributed by atoms with Crippen molar-refractivity contribution >= 4 is 11.8 Å². The number of nitrogens with two attached hydrogens (primary N) is 1. The van der Waals surface area contributed by atoms with Gasteiger partial charge in [-0.3, -0.25) is 9.59 Å². The number of hydrogen-bond donors (Lipinski definition) is 2. The molecule has 2 unspecified atom stereocenters. The Kier molecular flexibility index (Phi) is 4.80. The van der Waals surface area contributed by atoms with Crippen LogP contribution in [0.4, 0.5) is 0 Å². The van der Waals surface area contributed by atoms with Crippen LogP contribution in [0.25, 0.3) is 0 Å². The van der Waals surface area contributed by atoms with E-state index in [0.29, 0.717) is 5.92 Å². The fourth-order valence-corrected chi connectivity index (χ4v) is 3.18. The summed E-state index contributed by atoms with van der Waals surface area (Å²) in [6.07, 6.45) is 4.97. The van der Waals surface area contributed by atoms with Gasteiger partial charge in [-0.05, 0) is 31.6 Å². The van der Waals surface area contributed by atoms with Gasteiger partial charge in [-0.1, -0.05) is 6.42 Å². The minimum absolute atomic E-state index is 0.0236. The fourth-order valence-electron chi connectivity index (χ4n) is 3.18. The summed E-state index contributed by atoms with van der Waals surface area (Å²) in [5.41, 5.74) is 6.00. The van der Waals surface area contributed by atoms with E-state index in [9.17, 15) is 9.59 Å². The quantitative estimate of drug-likeness (QED) is 0.781. The first-order chi connectivity index (χ1) is 9.08. The summed E-state index contributed by atoms with van der Waals surface area (Å²) < 4.78 is 0. The Labute approximate surface area is 114 Å². The largest absolute Gasteiger partial charge is 0.356 e. The van der Waals surface area contributed by atoms with Crippen LogP contribution in [0.5, 0.6) is 0 Å². The van der Waals surface area contributed by atoms with Gasteiger partial charge in [-0.2, -0.15) is 0 Å². The van der Waals surface area contributed by atoms with E-state index >= 15 is 0 Å². The molecule has 0 radical (unpaired) electrons. The second kappa shape index (κ2) is 6.37. The number of piperidine rings is 1. The van der Waals surface area contributed by atoms with Crippen LogP contribution < -0.4 is 11.1 Å². The molecule has 2 atom stereocenters. The summed E-state index contributed by atoms with van der Waals surface area (Å²) >= 11 is 0. The number of amides is 2. The number of nitrogens with zero attached hydrogens (tertiary/aromatic N) is 1. The van der Waals surface area contributed by atoms with Crippen molar-refractivity contribution in [3.05, 3.63) is 0 Å². The van der Waals surface area contributed by atoms with Gasteiger partial charge >= 0.3 is 0 Å². The van der Waals surface area contributed by atoms with Crippen LogP contribution >= 0.6 is 0 Å². The smallest absolute Gasteiger partial charge is 0.227 e. The van der Waals surface area contributed by atoms with E-state index in [0.717, 1.165) is 51.7 Å². The summed E-state index contributed by atoms with van der Waals surface area (Å²) in [6.45, 7) is 3.90. The van der Waals surface area contributed by atoms with Crippen LogP contribution in [0.15, 0.2) is 0 Å². The Morgan fingerprint density at radius 3 is 2.42 bits per heavy atom. The molecule has 0 aromatic heterocycles. The lowest BCUT2D eigenvalue weighted by atomic mass is 9.94. The van der Waals surface area contributed by atoms with Crippen LogP contribution in [-0.4, -0.2) is 42.4 Å². The summed E-state index contributed by atoms with van der Waals surface area (Å²) in [5, 5.41) is 2.86. The summed E-state index contributed by atoms with van der Waals surface area (Å²) in [7, 11) is 0. The normalized spacial score (nSPS) is 28.4. The van der Waals surface area contributed by atoms with Crippen molar-refractivity contribution in [2.75, 3.05) is 19.6 Å². The van der Waals surface area contributed by atoms with Crippen molar-refractivity contribution < 1.29 is 9.59 Å². The van der Waals surface area contributed by atoms with Gasteiger partial charge in [0, 0.05) is 32.6 Å². The van der Waals surface area contributed by atoms with Crippen molar-refractivity contribution in [2.45, 2.75) is 45.1 Å². The van der Waals surface area contributed by atoms with Gasteiger partial charge in [-0.25, -0.2) is 0 Å². The molecule has 0 aromatic carbocycles. The van der Waals surface area contributed by atoms with Gasteiger partial charge in [0.1, 0.15) is 0 Å². The highest BCUT2D eigenvalue weighted by Gasteiger charge is 2.34. The Morgan fingerprint density at radius 1 is 1.21 bits per heavy atom. The van der Waals surface area contributed by atoms with Gasteiger partial charge in [-0.15, -0.1) is 0 Å². The Balaban J connectivity index is 1.76. The zero-order chi connectivity index (χ0) is 13.8. The molecule has 1 heterocycles. The van der Waals surface area contributed by atoms with Crippen LogP contribution in [0.3, 0.4) is 0 Å². The molecule has 0 aromatic rings. The number of likely N-dealkylation sites (tertiary alicyclic amines) is 1. The molecule has 1 saturated carbocycles. The predicted molar refractivity (Wildman–Crippen MR) is 73.3 cm³/mol. The van der Waals surface area contributed by atoms with Gasteiger partial charge in [0.25, 0.3) is 0 Å². The molecular weight excluding hydrogens is 242 g/mol. The fraction of sp³-hybridized carbons (Fsp3) is 0.857. The first-order valence-corrected chi connectivity index (χ1v) is 7.36. The molecule has 3 N–H and O–H groups in total. The van der Waals surface area contributed by atoms with E-state index in [1.807, 2.05) is 4.90 Å². The molecule has 1 aliphatic heterocycles. The van der Waals surface area contributed by atoms with E-state index in [4.69, 9.17) is 5.73 Å². The van der Waals surface area contributed by atoms with Crippen molar-refractivity contribution in [3.63, 3.8) is 0 Å². The highest BCUT2D eigenvalue weighted by atomic mass is 16.2. The molecule has 0 bridgehead atoms. The minimum Gasteiger partial charge on any atom is -0.356 e. The summed E-state index contributed by atoms with van der Waals surface area (Å²) in [4.78, 5) is 25.2. The standard InChI is InChI=1S/C14H25N3O2/c1-10(18)16-9-11-5-7-17(8-6-11)14(19)12-3-2-4-13(12)15/h11-13H,2-9,15H2,1H3,(H,16,18). The maximum Gasteiger partial charge on any atom is 0.227 e. The van der Waals surface area contributed by atoms with Crippen molar-refractivity contribution in [2.24, 2.45) is 17.6 Å². The molecule has 1 aliphatic carbocycles. The van der Waals surface area contributed by atoms with Gasteiger partial charge < -0.3 is 16.0 Å². The molecule has 2 rings (SSSR count). The first-order valence-electron chi connectivity index (χ1n) is 7.36. The second-order valence-electron chi connectivity index (χ2n) is 5.91. The van der Waals surface area contributed by atoms with Gasteiger partial charge in [0.2, 0.25) is 11.8 Å². The van der Waals surface area contributed by atoms with Gasteiger partial charge in [0.05, 0.1) is 5.92 Å². The molecule has 108 valence electrons. The van der Waals surface area contributed by atoms with Crippen molar-refractivity contribution in [1.82, 2.24) is 10.2 Å². The Bertz CT molecular complexity index is 338. The topological polar surface area (TPSA) is 75.4 Å².